The number of rotatable bonds is 3. The maximum Gasteiger partial charge on any atom is 0.255 e. The average molecular weight is 352 g/mol. The zero-order valence-corrected chi connectivity index (χ0v) is 13.5. The van der Waals surface area contributed by atoms with Gasteiger partial charge in [0.05, 0.1) is 17.6 Å². The van der Waals surface area contributed by atoms with Crippen LogP contribution in [-0.2, 0) is 16.4 Å². The molecule has 2 aromatic carbocycles. The predicted octanol–water partition coefficient (Wildman–Crippen LogP) is 2.54. The third kappa shape index (κ3) is 3.09. The molecule has 2 aromatic rings. The highest BCUT2D eigenvalue weighted by Crippen LogP contribution is 2.31. The lowest BCUT2D eigenvalue weighted by Crippen LogP contribution is -2.27. The molecule has 1 heterocycles. The average Bonchev–Trinajstić information content (AvgIpc) is 2.93. The predicted molar refractivity (Wildman–Crippen MR) is 86.6 cm³/mol. The molecule has 1 N–H and O–H groups in total. The highest BCUT2D eigenvalue weighted by Gasteiger charge is 2.26. The van der Waals surface area contributed by atoms with Crippen molar-refractivity contribution in [1.29, 1.82) is 0 Å². The van der Waals surface area contributed by atoms with Gasteiger partial charge in [-0.15, -0.1) is 0 Å². The number of benzene rings is 2. The molecule has 0 aromatic heterocycles. The Balaban J connectivity index is 1.85. The van der Waals surface area contributed by atoms with Crippen LogP contribution in [0.15, 0.2) is 36.4 Å². The van der Waals surface area contributed by atoms with E-state index in [1.165, 1.54) is 10.4 Å². The molecule has 0 spiro atoms. The lowest BCUT2D eigenvalue weighted by atomic mass is 10.1. The Hall–Kier alpha value is -2.48. The molecule has 0 saturated carbocycles. The first kappa shape index (κ1) is 16.4. The summed E-state index contributed by atoms with van der Waals surface area (Å²) in [5, 5.41) is 2.37. The Morgan fingerprint density at radius 2 is 1.92 bits per heavy atom. The van der Waals surface area contributed by atoms with Crippen molar-refractivity contribution in [3.8, 4) is 0 Å². The van der Waals surface area contributed by atoms with Crippen LogP contribution in [0.4, 0.5) is 20.2 Å². The molecule has 0 aliphatic carbocycles. The van der Waals surface area contributed by atoms with Gasteiger partial charge in [-0.3, -0.25) is 9.10 Å². The van der Waals surface area contributed by atoms with Crippen molar-refractivity contribution in [3.63, 3.8) is 0 Å². The van der Waals surface area contributed by atoms with E-state index in [1.54, 1.807) is 12.1 Å². The van der Waals surface area contributed by atoms with E-state index in [-0.39, 0.29) is 11.3 Å². The van der Waals surface area contributed by atoms with Crippen LogP contribution in [0.25, 0.3) is 0 Å². The van der Waals surface area contributed by atoms with E-state index in [4.69, 9.17) is 0 Å². The largest absolute Gasteiger partial charge is 0.319 e. The molecule has 1 amide bonds. The normalized spacial score (nSPS) is 13.7. The van der Waals surface area contributed by atoms with Crippen LogP contribution in [0.3, 0.4) is 0 Å². The number of fused-ring (bicyclic) bond motifs is 1. The van der Waals surface area contributed by atoms with Crippen molar-refractivity contribution in [2.24, 2.45) is 0 Å². The van der Waals surface area contributed by atoms with Gasteiger partial charge >= 0.3 is 0 Å². The molecule has 24 heavy (non-hydrogen) atoms. The lowest BCUT2D eigenvalue weighted by molar-refractivity contribution is 0.102. The van der Waals surface area contributed by atoms with Crippen LogP contribution in [0.5, 0.6) is 0 Å². The van der Waals surface area contributed by atoms with Gasteiger partial charge in [-0.2, -0.15) is 0 Å². The number of nitrogens with one attached hydrogen (secondary N) is 1. The Bertz CT molecular complexity index is 929. The standard InChI is InChI=1S/C16H14F2N2O3S/c1-24(22,23)20-7-6-10-8-11(2-5-15(10)20)16(21)19-14-4-3-12(17)9-13(14)18/h2-5,8-9H,6-7H2,1H3,(H,19,21). The third-order valence-electron chi connectivity index (χ3n) is 3.77. The molecule has 126 valence electrons. The molecule has 5 nitrogen and oxygen atoms in total. The highest BCUT2D eigenvalue weighted by atomic mass is 32.2. The second-order valence-electron chi connectivity index (χ2n) is 5.51. The molecular formula is C16H14F2N2O3S. The van der Waals surface area contributed by atoms with Crippen molar-refractivity contribution in [2.75, 3.05) is 22.4 Å². The SMILES string of the molecule is CS(=O)(=O)N1CCc2cc(C(=O)Nc3ccc(F)cc3F)ccc21. The van der Waals surface area contributed by atoms with E-state index >= 15 is 0 Å². The highest BCUT2D eigenvalue weighted by molar-refractivity contribution is 7.92. The Labute approximate surface area is 138 Å². The molecule has 0 radical (unpaired) electrons. The van der Waals surface area contributed by atoms with Gasteiger partial charge in [0.25, 0.3) is 5.91 Å². The van der Waals surface area contributed by atoms with Crippen molar-refractivity contribution in [2.45, 2.75) is 6.42 Å². The molecule has 0 fully saturated rings. The molecule has 8 heteroatoms. The van der Waals surface area contributed by atoms with Gasteiger partial charge in [0.1, 0.15) is 11.6 Å². The number of hydrogen-bond acceptors (Lipinski definition) is 3. The van der Waals surface area contributed by atoms with Crippen LogP contribution in [-0.4, -0.2) is 27.1 Å². The van der Waals surface area contributed by atoms with E-state index in [9.17, 15) is 22.0 Å². The van der Waals surface area contributed by atoms with Crippen LogP contribution >= 0.6 is 0 Å². The number of hydrogen-bond donors (Lipinski definition) is 1. The van der Waals surface area contributed by atoms with Gasteiger partial charge in [-0.25, -0.2) is 17.2 Å². The Morgan fingerprint density at radius 3 is 2.58 bits per heavy atom. The summed E-state index contributed by atoms with van der Waals surface area (Å²) in [6.45, 7) is 0.325. The topological polar surface area (TPSA) is 66.5 Å². The van der Waals surface area contributed by atoms with Crippen molar-refractivity contribution in [1.82, 2.24) is 0 Å². The molecule has 0 saturated heterocycles. The minimum atomic E-state index is -3.36. The maximum absolute atomic E-state index is 13.6. The number of nitrogens with zero attached hydrogens (tertiary/aromatic N) is 1. The van der Waals surface area contributed by atoms with Crippen molar-refractivity contribution in [3.05, 3.63) is 59.2 Å². The van der Waals surface area contributed by atoms with E-state index in [1.807, 2.05) is 0 Å². The molecule has 3 rings (SSSR count). The van der Waals surface area contributed by atoms with Crippen LogP contribution in [0, 0.1) is 11.6 Å². The zero-order chi connectivity index (χ0) is 17.5. The Kier molecular flexibility index (Phi) is 4.00. The lowest BCUT2D eigenvalue weighted by Gasteiger charge is -2.16. The molecule has 0 bridgehead atoms. The van der Waals surface area contributed by atoms with Gasteiger partial charge in [-0.05, 0) is 42.3 Å². The van der Waals surface area contributed by atoms with Crippen LogP contribution in [0.1, 0.15) is 15.9 Å². The quantitative estimate of drug-likeness (QED) is 0.923. The number of anilines is 2. The number of amides is 1. The van der Waals surface area contributed by atoms with E-state index in [0.29, 0.717) is 24.7 Å². The van der Waals surface area contributed by atoms with Crippen LogP contribution in [0.2, 0.25) is 0 Å². The maximum atomic E-state index is 13.6. The van der Waals surface area contributed by atoms with Gasteiger partial charge in [-0.1, -0.05) is 0 Å². The monoisotopic (exact) mass is 352 g/mol. The minimum Gasteiger partial charge on any atom is -0.319 e. The first-order valence-electron chi connectivity index (χ1n) is 7.13. The summed E-state index contributed by atoms with van der Waals surface area (Å²) < 4.78 is 51.2. The summed E-state index contributed by atoms with van der Waals surface area (Å²) in [5.74, 6) is -2.15. The number of sulfonamides is 1. The first-order chi connectivity index (χ1) is 11.3. The number of halogens is 2. The summed E-state index contributed by atoms with van der Waals surface area (Å²) in [6, 6.07) is 7.48. The zero-order valence-electron chi connectivity index (χ0n) is 12.7. The second kappa shape index (κ2) is 5.86. The fraction of sp³-hybridized carbons (Fsp3) is 0.188. The summed E-state index contributed by atoms with van der Waals surface area (Å²) >= 11 is 0. The van der Waals surface area contributed by atoms with Gasteiger partial charge in [0.15, 0.2) is 0 Å². The van der Waals surface area contributed by atoms with Crippen molar-refractivity contribution >= 4 is 27.3 Å². The summed E-state index contributed by atoms with van der Waals surface area (Å²) in [5.41, 5.74) is 1.42. The summed E-state index contributed by atoms with van der Waals surface area (Å²) in [6.07, 6.45) is 1.62. The molecule has 0 atom stereocenters. The summed E-state index contributed by atoms with van der Waals surface area (Å²) in [4.78, 5) is 12.2. The number of carbonyl (C=O) groups excluding carboxylic acids is 1. The molecule has 1 aliphatic heterocycles. The molecule has 0 unspecified atom stereocenters. The van der Waals surface area contributed by atoms with Crippen LogP contribution < -0.4 is 9.62 Å². The van der Waals surface area contributed by atoms with E-state index < -0.39 is 27.6 Å². The smallest absolute Gasteiger partial charge is 0.255 e. The van der Waals surface area contributed by atoms with Gasteiger partial charge in [0, 0.05) is 18.2 Å². The van der Waals surface area contributed by atoms with Crippen molar-refractivity contribution < 1.29 is 22.0 Å². The fourth-order valence-corrected chi connectivity index (χ4v) is 3.60. The fourth-order valence-electron chi connectivity index (χ4n) is 2.64. The first-order valence-corrected chi connectivity index (χ1v) is 8.97. The molecule has 1 aliphatic rings. The number of carbonyl (C=O) groups is 1. The minimum absolute atomic E-state index is 0.125. The van der Waals surface area contributed by atoms with Gasteiger partial charge in [0.2, 0.25) is 10.0 Å². The Morgan fingerprint density at radius 1 is 1.17 bits per heavy atom. The third-order valence-corrected chi connectivity index (χ3v) is 4.95. The second-order valence-corrected chi connectivity index (χ2v) is 7.41. The van der Waals surface area contributed by atoms with E-state index in [2.05, 4.69) is 5.32 Å². The molecular weight excluding hydrogens is 338 g/mol. The summed E-state index contributed by atoms with van der Waals surface area (Å²) in [7, 11) is -3.36. The van der Waals surface area contributed by atoms with E-state index in [0.717, 1.165) is 24.0 Å². The van der Waals surface area contributed by atoms with Gasteiger partial charge < -0.3 is 5.32 Å².